The Morgan fingerprint density at radius 1 is 1.53 bits per heavy atom. The van der Waals surface area contributed by atoms with Gasteiger partial charge in [-0.3, -0.25) is 0 Å². The standard InChI is InChI=1S/C11H21NO3/c1-2-15-11(13)9-14-7-5-10-4-3-6-12-8-10/h10,12H,2-9H2,1H3. The van der Waals surface area contributed by atoms with Crippen LogP contribution >= 0.6 is 0 Å². The van der Waals surface area contributed by atoms with E-state index < -0.39 is 0 Å². The molecule has 15 heavy (non-hydrogen) atoms. The van der Waals surface area contributed by atoms with E-state index in [9.17, 15) is 4.79 Å². The Morgan fingerprint density at radius 2 is 2.40 bits per heavy atom. The Labute approximate surface area is 91.3 Å². The molecule has 0 aliphatic carbocycles. The third-order valence-corrected chi connectivity index (χ3v) is 2.59. The van der Waals surface area contributed by atoms with Crippen LogP contribution in [-0.2, 0) is 14.3 Å². The van der Waals surface area contributed by atoms with Gasteiger partial charge in [-0.05, 0) is 45.2 Å². The maximum absolute atomic E-state index is 10.9. The smallest absolute Gasteiger partial charge is 0.332 e. The average molecular weight is 215 g/mol. The Bertz CT molecular complexity index is 179. The molecule has 1 atom stereocenters. The SMILES string of the molecule is CCOC(=O)COCCC1CCCNC1. The summed E-state index contributed by atoms with van der Waals surface area (Å²) in [6.45, 7) is 5.20. The number of rotatable bonds is 6. The van der Waals surface area contributed by atoms with Crippen molar-refractivity contribution in [2.75, 3.05) is 32.9 Å². The zero-order valence-corrected chi connectivity index (χ0v) is 9.46. The number of hydrogen-bond donors (Lipinski definition) is 1. The van der Waals surface area contributed by atoms with Crippen molar-refractivity contribution in [3.8, 4) is 0 Å². The normalized spacial score (nSPS) is 21.3. The number of hydrogen-bond acceptors (Lipinski definition) is 4. The van der Waals surface area contributed by atoms with Gasteiger partial charge in [0.1, 0.15) is 6.61 Å². The highest BCUT2D eigenvalue weighted by Gasteiger charge is 2.12. The molecule has 1 unspecified atom stereocenters. The molecule has 0 radical (unpaired) electrons. The van der Waals surface area contributed by atoms with Gasteiger partial charge in [-0.2, -0.15) is 0 Å². The van der Waals surface area contributed by atoms with Crippen molar-refractivity contribution in [1.82, 2.24) is 5.32 Å². The summed E-state index contributed by atoms with van der Waals surface area (Å²) in [5.41, 5.74) is 0. The summed E-state index contributed by atoms with van der Waals surface area (Å²) < 4.78 is 10.0. The fourth-order valence-electron chi connectivity index (χ4n) is 1.78. The van der Waals surface area contributed by atoms with Crippen molar-refractivity contribution in [2.45, 2.75) is 26.2 Å². The van der Waals surface area contributed by atoms with Crippen LogP contribution in [-0.4, -0.2) is 38.9 Å². The third kappa shape index (κ3) is 5.74. The van der Waals surface area contributed by atoms with Gasteiger partial charge < -0.3 is 14.8 Å². The van der Waals surface area contributed by atoms with Crippen LogP contribution in [0.15, 0.2) is 0 Å². The fourth-order valence-corrected chi connectivity index (χ4v) is 1.78. The van der Waals surface area contributed by atoms with Gasteiger partial charge in [-0.25, -0.2) is 4.79 Å². The Morgan fingerprint density at radius 3 is 3.07 bits per heavy atom. The first-order valence-electron chi connectivity index (χ1n) is 5.77. The van der Waals surface area contributed by atoms with Gasteiger partial charge in [0.25, 0.3) is 0 Å². The van der Waals surface area contributed by atoms with E-state index in [1.807, 2.05) is 0 Å². The van der Waals surface area contributed by atoms with E-state index in [2.05, 4.69) is 5.32 Å². The van der Waals surface area contributed by atoms with E-state index in [4.69, 9.17) is 9.47 Å². The second-order valence-electron chi connectivity index (χ2n) is 3.86. The molecule has 0 bridgehead atoms. The Balaban J connectivity index is 1.93. The van der Waals surface area contributed by atoms with Crippen LogP contribution in [0.3, 0.4) is 0 Å². The number of nitrogens with one attached hydrogen (secondary N) is 1. The molecule has 88 valence electrons. The first-order chi connectivity index (χ1) is 7.33. The molecule has 1 aliphatic rings. The lowest BCUT2D eigenvalue weighted by atomic mass is 9.97. The van der Waals surface area contributed by atoms with Crippen molar-refractivity contribution < 1.29 is 14.3 Å². The zero-order chi connectivity index (χ0) is 10.9. The highest BCUT2D eigenvalue weighted by atomic mass is 16.6. The molecule has 1 rings (SSSR count). The molecule has 1 saturated heterocycles. The number of esters is 1. The lowest BCUT2D eigenvalue weighted by Gasteiger charge is -2.22. The van der Waals surface area contributed by atoms with Gasteiger partial charge in [0.15, 0.2) is 0 Å². The molecule has 1 fully saturated rings. The largest absolute Gasteiger partial charge is 0.464 e. The quantitative estimate of drug-likeness (QED) is 0.529. The minimum absolute atomic E-state index is 0.0913. The van der Waals surface area contributed by atoms with Gasteiger partial charge in [0.05, 0.1) is 6.61 Å². The van der Waals surface area contributed by atoms with Crippen molar-refractivity contribution in [3.05, 3.63) is 0 Å². The molecule has 0 aromatic rings. The molecular weight excluding hydrogens is 194 g/mol. The predicted molar refractivity (Wildman–Crippen MR) is 57.7 cm³/mol. The van der Waals surface area contributed by atoms with E-state index in [0.717, 1.165) is 19.5 Å². The minimum atomic E-state index is -0.265. The van der Waals surface area contributed by atoms with Crippen LogP contribution in [0.2, 0.25) is 0 Å². The number of carbonyl (C=O) groups excluding carboxylic acids is 1. The molecule has 4 nitrogen and oxygen atoms in total. The van der Waals surface area contributed by atoms with Crippen LogP contribution in [0, 0.1) is 5.92 Å². The summed E-state index contributed by atoms with van der Waals surface area (Å²) in [4.78, 5) is 10.9. The topological polar surface area (TPSA) is 47.6 Å². The van der Waals surface area contributed by atoms with Crippen LogP contribution in [0.4, 0.5) is 0 Å². The van der Waals surface area contributed by atoms with Gasteiger partial charge in [0.2, 0.25) is 0 Å². The third-order valence-electron chi connectivity index (χ3n) is 2.59. The lowest BCUT2D eigenvalue weighted by Crippen LogP contribution is -2.30. The monoisotopic (exact) mass is 215 g/mol. The fraction of sp³-hybridized carbons (Fsp3) is 0.909. The van der Waals surface area contributed by atoms with Crippen LogP contribution in [0.5, 0.6) is 0 Å². The highest BCUT2D eigenvalue weighted by Crippen LogP contribution is 2.13. The second kappa shape index (κ2) is 7.65. The van der Waals surface area contributed by atoms with Gasteiger partial charge in [0, 0.05) is 6.61 Å². The molecule has 0 saturated carbocycles. The Kier molecular flexibility index (Phi) is 6.36. The first-order valence-corrected chi connectivity index (χ1v) is 5.77. The Hall–Kier alpha value is -0.610. The molecule has 1 aliphatic heterocycles. The van der Waals surface area contributed by atoms with Crippen LogP contribution in [0.25, 0.3) is 0 Å². The van der Waals surface area contributed by atoms with Gasteiger partial charge in [-0.15, -0.1) is 0 Å². The summed E-state index contributed by atoms with van der Waals surface area (Å²) in [7, 11) is 0. The van der Waals surface area contributed by atoms with Gasteiger partial charge in [-0.1, -0.05) is 0 Å². The minimum Gasteiger partial charge on any atom is -0.464 e. The van der Waals surface area contributed by atoms with Crippen molar-refractivity contribution >= 4 is 5.97 Å². The molecule has 1 heterocycles. The molecule has 1 N–H and O–H groups in total. The zero-order valence-electron chi connectivity index (χ0n) is 9.46. The predicted octanol–water partition coefficient (Wildman–Crippen LogP) is 0.956. The lowest BCUT2D eigenvalue weighted by molar-refractivity contribution is -0.148. The summed E-state index contributed by atoms with van der Waals surface area (Å²) >= 11 is 0. The number of carbonyl (C=O) groups is 1. The molecule has 4 heteroatoms. The summed E-state index contributed by atoms with van der Waals surface area (Å²) in [5, 5.41) is 3.36. The highest BCUT2D eigenvalue weighted by molar-refractivity contribution is 5.70. The molecule has 0 aromatic carbocycles. The van der Waals surface area contributed by atoms with Crippen molar-refractivity contribution in [3.63, 3.8) is 0 Å². The first kappa shape index (κ1) is 12.5. The summed E-state index contributed by atoms with van der Waals surface area (Å²) in [5.74, 6) is 0.445. The van der Waals surface area contributed by atoms with E-state index in [-0.39, 0.29) is 12.6 Å². The maximum atomic E-state index is 10.9. The molecule has 0 amide bonds. The summed E-state index contributed by atoms with van der Waals surface area (Å²) in [6, 6.07) is 0. The van der Waals surface area contributed by atoms with Crippen molar-refractivity contribution in [1.29, 1.82) is 0 Å². The number of ether oxygens (including phenoxy) is 2. The maximum Gasteiger partial charge on any atom is 0.332 e. The molecule has 0 spiro atoms. The van der Waals surface area contributed by atoms with Crippen LogP contribution < -0.4 is 5.32 Å². The average Bonchev–Trinajstić information content (AvgIpc) is 2.26. The van der Waals surface area contributed by atoms with E-state index in [1.165, 1.54) is 12.8 Å². The van der Waals surface area contributed by atoms with Gasteiger partial charge >= 0.3 is 5.97 Å². The van der Waals surface area contributed by atoms with Crippen molar-refractivity contribution in [2.24, 2.45) is 5.92 Å². The van der Waals surface area contributed by atoms with E-state index in [0.29, 0.717) is 19.1 Å². The second-order valence-corrected chi connectivity index (χ2v) is 3.86. The number of piperidine rings is 1. The van der Waals surface area contributed by atoms with E-state index in [1.54, 1.807) is 6.92 Å². The van der Waals surface area contributed by atoms with Crippen LogP contribution in [0.1, 0.15) is 26.2 Å². The molecule has 0 aromatic heterocycles. The van der Waals surface area contributed by atoms with E-state index >= 15 is 0 Å². The molecular formula is C11H21NO3. The summed E-state index contributed by atoms with van der Waals surface area (Å²) in [6.07, 6.45) is 3.56.